The van der Waals surface area contributed by atoms with E-state index in [9.17, 15) is 0 Å². The summed E-state index contributed by atoms with van der Waals surface area (Å²) in [4.78, 5) is 4.35. The zero-order valence-corrected chi connectivity index (χ0v) is 8.95. The second-order valence-corrected chi connectivity index (χ2v) is 3.49. The molecule has 2 rings (SSSR count). The fourth-order valence-corrected chi connectivity index (χ4v) is 1.79. The van der Waals surface area contributed by atoms with E-state index in [1.165, 1.54) is 0 Å². The van der Waals surface area contributed by atoms with Gasteiger partial charge in [-0.25, -0.2) is 4.98 Å². The van der Waals surface area contributed by atoms with Crippen molar-refractivity contribution >= 4 is 10.8 Å². The van der Waals surface area contributed by atoms with Gasteiger partial charge in [0.15, 0.2) is 0 Å². The molecule has 0 saturated heterocycles. The van der Waals surface area contributed by atoms with Crippen molar-refractivity contribution in [2.45, 2.75) is 13.5 Å². The topological polar surface area (TPSA) is 48.1 Å². The van der Waals surface area contributed by atoms with Gasteiger partial charge in [0.05, 0.1) is 7.11 Å². The predicted molar refractivity (Wildman–Crippen MR) is 60.9 cm³/mol. The molecule has 0 saturated carbocycles. The van der Waals surface area contributed by atoms with E-state index in [0.29, 0.717) is 12.4 Å². The number of nitrogens with zero attached hydrogens (tertiary/aromatic N) is 1. The average molecular weight is 202 g/mol. The minimum Gasteiger partial charge on any atom is -0.481 e. The minimum atomic E-state index is 0.498. The zero-order chi connectivity index (χ0) is 10.8. The van der Waals surface area contributed by atoms with Gasteiger partial charge < -0.3 is 10.5 Å². The standard InChI is InChI=1S/C12H14N2O/c1-8-6-9-4-3-5-10(7-13)11(9)12(14-8)15-2/h3-6H,7,13H2,1-2H3. The van der Waals surface area contributed by atoms with Gasteiger partial charge in [-0.05, 0) is 23.9 Å². The Bertz CT molecular complexity index is 494. The van der Waals surface area contributed by atoms with Gasteiger partial charge in [-0.2, -0.15) is 0 Å². The van der Waals surface area contributed by atoms with Gasteiger partial charge in [0.1, 0.15) is 0 Å². The van der Waals surface area contributed by atoms with Crippen molar-refractivity contribution in [2.24, 2.45) is 5.73 Å². The summed E-state index contributed by atoms with van der Waals surface area (Å²) in [5.41, 5.74) is 7.71. The molecule has 2 aromatic rings. The Balaban J connectivity index is 2.84. The molecule has 0 spiro atoms. The maximum absolute atomic E-state index is 5.69. The quantitative estimate of drug-likeness (QED) is 0.810. The second-order valence-electron chi connectivity index (χ2n) is 3.49. The summed E-state index contributed by atoms with van der Waals surface area (Å²) < 4.78 is 5.28. The molecule has 0 atom stereocenters. The number of aryl methyl sites for hydroxylation is 1. The number of hydrogen-bond acceptors (Lipinski definition) is 3. The summed E-state index contributed by atoms with van der Waals surface area (Å²) in [7, 11) is 1.63. The molecule has 0 aliphatic carbocycles. The number of rotatable bonds is 2. The van der Waals surface area contributed by atoms with Crippen LogP contribution in [-0.4, -0.2) is 12.1 Å². The molecule has 3 nitrogen and oxygen atoms in total. The molecule has 15 heavy (non-hydrogen) atoms. The Morgan fingerprint density at radius 2 is 2.20 bits per heavy atom. The van der Waals surface area contributed by atoms with Crippen LogP contribution in [0.1, 0.15) is 11.3 Å². The van der Waals surface area contributed by atoms with Gasteiger partial charge in [-0.1, -0.05) is 18.2 Å². The number of ether oxygens (including phenoxy) is 1. The zero-order valence-electron chi connectivity index (χ0n) is 8.95. The summed E-state index contributed by atoms with van der Waals surface area (Å²) >= 11 is 0. The normalized spacial score (nSPS) is 10.6. The van der Waals surface area contributed by atoms with Crippen molar-refractivity contribution in [3.05, 3.63) is 35.5 Å². The van der Waals surface area contributed by atoms with E-state index >= 15 is 0 Å². The highest BCUT2D eigenvalue weighted by atomic mass is 16.5. The van der Waals surface area contributed by atoms with E-state index in [2.05, 4.69) is 4.98 Å². The van der Waals surface area contributed by atoms with Crippen LogP contribution in [0.2, 0.25) is 0 Å². The van der Waals surface area contributed by atoms with Crippen molar-refractivity contribution in [2.75, 3.05) is 7.11 Å². The third kappa shape index (κ3) is 1.66. The number of hydrogen-bond donors (Lipinski definition) is 1. The van der Waals surface area contributed by atoms with Gasteiger partial charge in [0.2, 0.25) is 5.88 Å². The smallest absolute Gasteiger partial charge is 0.221 e. The first kappa shape index (κ1) is 9.93. The van der Waals surface area contributed by atoms with Crippen LogP contribution in [0.15, 0.2) is 24.3 Å². The summed E-state index contributed by atoms with van der Waals surface area (Å²) in [5, 5.41) is 2.15. The average Bonchev–Trinajstić information content (AvgIpc) is 2.26. The van der Waals surface area contributed by atoms with Crippen LogP contribution >= 0.6 is 0 Å². The molecule has 0 bridgehead atoms. The van der Waals surface area contributed by atoms with Gasteiger partial charge >= 0.3 is 0 Å². The Morgan fingerprint density at radius 3 is 2.87 bits per heavy atom. The van der Waals surface area contributed by atoms with Crippen molar-refractivity contribution in [1.29, 1.82) is 0 Å². The first-order valence-corrected chi connectivity index (χ1v) is 4.89. The van der Waals surface area contributed by atoms with Gasteiger partial charge in [0, 0.05) is 17.6 Å². The van der Waals surface area contributed by atoms with E-state index < -0.39 is 0 Å². The predicted octanol–water partition coefficient (Wildman–Crippen LogP) is 2.01. The lowest BCUT2D eigenvalue weighted by Gasteiger charge is -2.09. The van der Waals surface area contributed by atoms with Gasteiger partial charge in [0.25, 0.3) is 0 Å². The molecular weight excluding hydrogens is 188 g/mol. The Kier molecular flexibility index (Phi) is 2.56. The van der Waals surface area contributed by atoms with Crippen molar-refractivity contribution < 1.29 is 4.74 Å². The third-order valence-electron chi connectivity index (χ3n) is 2.45. The lowest BCUT2D eigenvalue weighted by molar-refractivity contribution is 0.402. The van der Waals surface area contributed by atoms with Crippen LogP contribution in [0.3, 0.4) is 0 Å². The number of fused-ring (bicyclic) bond motifs is 1. The number of pyridine rings is 1. The summed E-state index contributed by atoms with van der Waals surface area (Å²) in [6, 6.07) is 8.09. The van der Waals surface area contributed by atoms with Crippen LogP contribution < -0.4 is 10.5 Å². The molecule has 0 amide bonds. The Labute approximate surface area is 88.9 Å². The SMILES string of the molecule is COc1nc(C)cc2cccc(CN)c12. The fourth-order valence-electron chi connectivity index (χ4n) is 1.79. The van der Waals surface area contributed by atoms with Crippen LogP contribution in [0.25, 0.3) is 10.8 Å². The molecule has 0 aliphatic rings. The maximum Gasteiger partial charge on any atom is 0.221 e. The molecule has 0 unspecified atom stereocenters. The highest BCUT2D eigenvalue weighted by molar-refractivity contribution is 5.90. The molecule has 0 radical (unpaired) electrons. The molecule has 2 N–H and O–H groups in total. The fraction of sp³-hybridized carbons (Fsp3) is 0.250. The third-order valence-corrected chi connectivity index (χ3v) is 2.45. The van der Waals surface area contributed by atoms with Crippen LogP contribution in [0, 0.1) is 6.92 Å². The monoisotopic (exact) mass is 202 g/mol. The van der Waals surface area contributed by atoms with Crippen LogP contribution in [0.4, 0.5) is 0 Å². The molecule has 1 aromatic heterocycles. The van der Waals surface area contributed by atoms with E-state index in [-0.39, 0.29) is 0 Å². The Morgan fingerprint density at radius 1 is 1.40 bits per heavy atom. The lowest BCUT2D eigenvalue weighted by atomic mass is 10.1. The summed E-state index contributed by atoms with van der Waals surface area (Å²) in [6.07, 6.45) is 0. The first-order chi connectivity index (χ1) is 7.26. The molecule has 3 heteroatoms. The van der Waals surface area contributed by atoms with Crippen molar-refractivity contribution in [1.82, 2.24) is 4.98 Å². The number of methoxy groups -OCH3 is 1. The Hall–Kier alpha value is -1.61. The van der Waals surface area contributed by atoms with Gasteiger partial charge in [-0.15, -0.1) is 0 Å². The lowest BCUT2D eigenvalue weighted by Crippen LogP contribution is -2.00. The van der Waals surface area contributed by atoms with Crippen molar-refractivity contribution in [3.63, 3.8) is 0 Å². The summed E-state index contributed by atoms with van der Waals surface area (Å²) in [6.45, 7) is 2.45. The first-order valence-electron chi connectivity index (χ1n) is 4.89. The number of nitrogens with two attached hydrogens (primary N) is 1. The van der Waals surface area contributed by atoms with Crippen molar-refractivity contribution in [3.8, 4) is 5.88 Å². The van der Waals surface area contributed by atoms with Crippen LogP contribution in [-0.2, 0) is 6.54 Å². The molecule has 1 aromatic carbocycles. The number of aromatic nitrogens is 1. The molecular formula is C12H14N2O. The van der Waals surface area contributed by atoms with E-state index in [4.69, 9.17) is 10.5 Å². The van der Waals surface area contributed by atoms with E-state index in [1.54, 1.807) is 7.11 Å². The van der Waals surface area contributed by atoms with Crippen LogP contribution in [0.5, 0.6) is 5.88 Å². The minimum absolute atomic E-state index is 0.498. The summed E-state index contributed by atoms with van der Waals surface area (Å²) in [5.74, 6) is 0.658. The highest BCUT2D eigenvalue weighted by Crippen LogP contribution is 2.27. The van der Waals surface area contributed by atoms with E-state index in [1.807, 2.05) is 31.2 Å². The van der Waals surface area contributed by atoms with Gasteiger partial charge in [-0.3, -0.25) is 0 Å². The van der Waals surface area contributed by atoms with E-state index in [0.717, 1.165) is 22.0 Å². The molecule has 0 aliphatic heterocycles. The molecule has 0 fully saturated rings. The largest absolute Gasteiger partial charge is 0.481 e. The number of benzene rings is 1. The molecule has 78 valence electrons. The second kappa shape index (κ2) is 3.87. The molecule has 1 heterocycles. The highest BCUT2D eigenvalue weighted by Gasteiger charge is 2.07. The maximum atomic E-state index is 5.69.